The Morgan fingerprint density at radius 1 is 0.526 bits per heavy atom. The van der Waals surface area contributed by atoms with Crippen molar-refractivity contribution in [1.29, 1.82) is 0 Å². The summed E-state index contributed by atoms with van der Waals surface area (Å²) in [6, 6.07) is 61.4. The summed E-state index contributed by atoms with van der Waals surface area (Å²) < 4.78 is 5.08. The van der Waals surface area contributed by atoms with Gasteiger partial charge in [0.15, 0.2) is 0 Å². The van der Waals surface area contributed by atoms with Gasteiger partial charge in [0.1, 0.15) is 0 Å². The average Bonchev–Trinajstić information content (AvgIpc) is 3.67. The number of anilines is 3. The maximum absolute atomic E-state index is 2.56. The van der Waals surface area contributed by atoms with Crippen LogP contribution < -0.4 is 4.90 Å². The Hall–Kier alpha value is -5.64. The highest BCUT2D eigenvalue weighted by atomic mass is 32.1. The van der Waals surface area contributed by atoms with Gasteiger partial charge in [-0.3, -0.25) is 0 Å². The molecule has 2 aliphatic rings. The second-order valence-electron chi connectivity index (χ2n) is 17.4. The number of hydrogen-bond donors (Lipinski definition) is 0. The fourth-order valence-electron chi connectivity index (χ4n) is 11.2. The molecule has 2 heterocycles. The highest BCUT2D eigenvalue weighted by molar-refractivity contribution is 7.25. The third kappa shape index (κ3) is 5.98. The van der Waals surface area contributed by atoms with Crippen molar-refractivity contribution in [1.82, 2.24) is 4.57 Å². The molecule has 0 spiro atoms. The van der Waals surface area contributed by atoms with Crippen LogP contribution in [0, 0.1) is 17.8 Å². The van der Waals surface area contributed by atoms with E-state index < -0.39 is 0 Å². The summed E-state index contributed by atoms with van der Waals surface area (Å²) >= 11 is 1.89. The summed E-state index contributed by atoms with van der Waals surface area (Å²) in [7, 11) is 0. The fraction of sp³-hybridized carbons (Fsp3) is 0.222. The van der Waals surface area contributed by atoms with E-state index in [9.17, 15) is 0 Å². The first-order chi connectivity index (χ1) is 28.0. The summed E-state index contributed by atoms with van der Waals surface area (Å²) in [5, 5.41) is 5.23. The lowest BCUT2D eigenvalue weighted by Crippen LogP contribution is -2.30. The lowest BCUT2D eigenvalue weighted by molar-refractivity contribution is 0.234. The van der Waals surface area contributed by atoms with Gasteiger partial charge in [-0.05, 0) is 151 Å². The van der Waals surface area contributed by atoms with Gasteiger partial charge in [0.05, 0.1) is 11.0 Å². The predicted molar refractivity (Wildman–Crippen MR) is 245 cm³/mol. The molecule has 11 rings (SSSR count). The van der Waals surface area contributed by atoms with Crippen molar-refractivity contribution in [2.75, 3.05) is 4.90 Å². The molecule has 2 saturated carbocycles. The Bertz CT molecular complexity index is 2860. The molecule has 2 atom stereocenters. The zero-order valence-corrected chi connectivity index (χ0v) is 33.7. The van der Waals surface area contributed by atoms with Gasteiger partial charge < -0.3 is 9.47 Å². The molecule has 57 heavy (non-hydrogen) atoms. The maximum atomic E-state index is 2.56. The second-order valence-corrected chi connectivity index (χ2v) is 18.5. The minimum absolute atomic E-state index is 0.241. The number of aromatic nitrogens is 1. The normalized spacial score (nSPS) is 21.0. The maximum Gasteiger partial charge on any atom is 0.0541 e. The molecule has 2 fully saturated rings. The second kappa shape index (κ2) is 13.8. The SMILES string of the molecule is C[C@H]1CC2CCC(c3cccc(N(c4ccc(-c5cccc(-n6c7ccccc7c7ccccc76)c5)cc4)c4ccc5sc6ccccc6c5c4)c3)(C1)C[C@@H](C)C2. The Balaban J connectivity index is 1.02. The number of benzene rings is 7. The lowest BCUT2D eigenvalue weighted by atomic mass is 9.67. The number of hydrogen-bond acceptors (Lipinski definition) is 2. The number of rotatable bonds is 6. The molecule has 3 heteroatoms. The van der Waals surface area contributed by atoms with Crippen molar-refractivity contribution in [2.24, 2.45) is 17.8 Å². The Labute approximate surface area is 340 Å². The van der Waals surface area contributed by atoms with Crippen molar-refractivity contribution in [3.05, 3.63) is 169 Å². The molecule has 2 nitrogen and oxygen atoms in total. The Morgan fingerprint density at radius 3 is 1.91 bits per heavy atom. The van der Waals surface area contributed by atoms with Crippen molar-refractivity contribution in [2.45, 2.75) is 57.8 Å². The van der Waals surface area contributed by atoms with E-state index in [0.717, 1.165) is 17.8 Å². The van der Waals surface area contributed by atoms with Crippen LogP contribution in [0.3, 0.4) is 0 Å². The van der Waals surface area contributed by atoms with E-state index in [0.29, 0.717) is 0 Å². The van der Waals surface area contributed by atoms with Crippen molar-refractivity contribution in [3.63, 3.8) is 0 Å². The standard InChI is InChI=1S/C54H48N2S/c1-36-29-38-27-28-54(34-36,35-37(2)30-38)41-12-10-14-44(32-41)55(45-25-26-53-49(33-45)48-17-5-8-20-52(48)57-53)42-23-21-39(22-24-42)40-11-9-13-43(31-40)56-50-18-6-3-15-46(50)47-16-4-7-19-51(47)56/h3-26,31-33,36-38H,27-30,34-35H2,1-2H3/t36-,37-,38?,54?/m0/s1. The van der Waals surface area contributed by atoms with E-state index in [-0.39, 0.29) is 5.41 Å². The van der Waals surface area contributed by atoms with Gasteiger partial charge in [-0.2, -0.15) is 0 Å². The van der Waals surface area contributed by atoms with Crippen LogP contribution in [-0.4, -0.2) is 4.57 Å². The largest absolute Gasteiger partial charge is 0.310 e. The molecule has 0 aliphatic heterocycles. The first-order valence-corrected chi connectivity index (χ1v) is 21.8. The van der Waals surface area contributed by atoms with E-state index in [1.54, 1.807) is 0 Å². The molecule has 0 unspecified atom stereocenters. The third-order valence-electron chi connectivity index (χ3n) is 13.5. The van der Waals surface area contributed by atoms with Crippen molar-refractivity contribution in [3.8, 4) is 16.8 Å². The summed E-state index contributed by atoms with van der Waals surface area (Å²) in [5.41, 5.74) is 11.5. The van der Waals surface area contributed by atoms with E-state index in [1.807, 2.05) is 11.3 Å². The van der Waals surface area contributed by atoms with E-state index in [4.69, 9.17) is 0 Å². The van der Waals surface area contributed by atoms with Gasteiger partial charge in [-0.1, -0.05) is 105 Å². The smallest absolute Gasteiger partial charge is 0.0541 e. The van der Waals surface area contributed by atoms with Crippen LogP contribution >= 0.6 is 11.3 Å². The molecular weight excluding hydrogens is 709 g/mol. The lowest BCUT2D eigenvalue weighted by Gasteiger charge is -2.38. The van der Waals surface area contributed by atoms with Crippen LogP contribution in [-0.2, 0) is 5.41 Å². The van der Waals surface area contributed by atoms with Crippen LogP contribution in [0.15, 0.2) is 164 Å². The molecule has 9 aromatic rings. The number of nitrogens with zero attached hydrogens (tertiary/aromatic N) is 2. The molecule has 7 aromatic carbocycles. The minimum Gasteiger partial charge on any atom is -0.310 e. The van der Waals surface area contributed by atoms with E-state index in [1.165, 1.54) is 120 Å². The summed E-state index contributed by atoms with van der Waals surface area (Å²) in [6.45, 7) is 5.03. The quantitative estimate of drug-likeness (QED) is 0.164. The monoisotopic (exact) mass is 756 g/mol. The number of fused-ring (bicyclic) bond motifs is 9. The van der Waals surface area contributed by atoms with Crippen LogP contribution in [0.2, 0.25) is 0 Å². The Morgan fingerprint density at radius 2 is 1.16 bits per heavy atom. The van der Waals surface area contributed by atoms with Gasteiger partial charge in [0, 0.05) is 53.7 Å². The van der Waals surface area contributed by atoms with Gasteiger partial charge in [0.25, 0.3) is 0 Å². The molecule has 0 saturated heterocycles. The summed E-state index contributed by atoms with van der Waals surface area (Å²) in [5.74, 6) is 2.41. The van der Waals surface area contributed by atoms with E-state index >= 15 is 0 Å². The molecule has 0 amide bonds. The highest BCUT2D eigenvalue weighted by Gasteiger charge is 2.42. The Kier molecular flexibility index (Phi) is 8.36. The third-order valence-corrected chi connectivity index (χ3v) is 14.6. The van der Waals surface area contributed by atoms with Crippen molar-refractivity contribution >= 4 is 70.4 Å². The summed E-state index contributed by atoms with van der Waals surface area (Å²) in [6.07, 6.45) is 8.05. The van der Waals surface area contributed by atoms with Crippen LogP contribution in [0.25, 0.3) is 58.8 Å². The molecule has 2 aromatic heterocycles. The first kappa shape index (κ1) is 34.6. The summed E-state index contributed by atoms with van der Waals surface area (Å²) in [4.78, 5) is 2.51. The van der Waals surface area contributed by atoms with Crippen LogP contribution in [0.4, 0.5) is 17.1 Å². The number of thiophene rings is 1. The molecule has 2 aliphatic carbocycles. The predicted octanol–water partition coefficient (Wildman–Crippen LogP) is 15.8. The highest BCUT2D eigenvalue weighted by Crippen LogP contribution is 2.52. The van der Waals surface area contributed by atoms with Gasteiger partial charge >= 0.3 is 0 Å². The molecule has 0 radical (unpaired) electrons. The van der Waals surface area contributed by atoms with E-state index in [2.05, 4.69) is 187 Å². The van der Waals surface area contributed by atoms with Crippen LogP contribution in [0.5, 0.6) is 0 Å². The minimum atomic E-state index is 0.241. The van der Waals surface area contributed by atoms with Gasteiger partial charge in [-0.25, -0.2) is 0 Å². The zero-order valence-electron chi connectivity index (χ0n) is 32.9. The molecule has 280 valence electrons. The van der Waals surface area contributed by atoms with Gasteiger partial charge in [0.2, 0.25) is 0 Å². The average molecular weight is 757 g/mol. The topological polar surface area (TPSA) is 8.17 Å². The van der Waals surface area contributed by atoms with Crippen LogP contribution in [0.1, 0.15) is 57.9 Å². The molecule has 0 N–H and O–H groups in total. The van der Waals surface area contributed by atoms with Crippen molar-refractivity contribution < 1.29 is 0 Å². The van der Waals surface area contributed by atoms with Gasteiger partial charge in [-0.15, -0.1) is 11.3 Å². The fourth-order valence-corrected chi connectivity index (χ4v) is 12.3. The molecule has 2 bridgehead atoms. The number of para-hydroxylation sites is 2. The zero-order chi connectivity index (χ0) is 38.1. The first-order valence-electron chi connectivity index (χ1n) is 21.0. The molecular formula is C54H48N2S.